The first-order chi connectivity index (χ1) is 13.4. The van der Waals surface area contributed by atoms with Crippen molar-refractivity contribution in [1.29, 1.82) is 0 Å². The molecule has 0 aliphatic heterocycles. The van der Waals surface area contributed by atoms with Gasteiger partial charge in [-0.1, -0.05) is 24.3 Å². The molecule has 1 aromatic carbocycles. The molecule has 0 unspecified atom stereocenters. The van der Waals surface area contributed by atoms with E-state index in [1.807, 2.05) is 0 Å². The predicted molar refractivity (Wildman–Crippen MR) is 88.0 cm³/mol. The summed E-state index contributed by atoms with van der Waals surface area (Å²) in [5.41, 5.74) is -2.00. The van der Waals surface area contributed by atoms with Crippen molar-refractivity contribution >= 4 is 39.2 Å². The number of rotatable bonds is 8. The second-order valence-corrected chi connectivity index (χ2v) is 15.5. The molecule has 0 aromatic heterocycles. The molecule has 1 rings (SSSR count). The van der Waals surface area contributed by atoms with Crippen LogP contribution in [0.2, 0.25) is 6.04 Å². The Bertz CT molecular complexity index is 769. The van der Waals surface area contributed by atoms with Crippen LogP contribution < -0.4 is 0 Å². The van der Waals surface area contributed by atoms with Crippen LogP contribution in [0.15, 0.2) is 24.3 Å². The van der Waals surface area contributed by atoms with E-state index in [9.17, 15) is 57.1 Å². The average molecular weight is 558 g/mol. The molecular formula is C14H8Cl3F13Si. The number of benzene rings is 1. The Labute approximate surface area is 180 Å². The van der Waals surface area contributed by atoms with Gasteiger partial charge in [0.25, 0.3) is 0 Å². The lowest BCUT2D eigenvalue weighted by Gasteiger charge is -2.39. The first-order valence-electron chi connectivity index (χ1n) is 7.55. The van der Waals surface area contributed by atoms with Crippen LogP contribution in [0, 0.1) is 0 Å². The quantitative estimate of drug-likeness (QED) is 0.172. The molecule has 17 heteroatoms. The fraction of sp³-hybridized carbons (Fsp3) is 0.571. The van der Waals surface area contributed by atoms with Crippen molar-refractivity contribution < 1.29 is 57.1 Å². The van der Waals surface area contributed by atoms with E-state index in [0.29, 0.717) is 12.1 Å². The van der Waals surface area contributed by atoms with Crippen molar-refractivity contribution in [3.05, 3.63) is 35.4 Å². The maximum absolute atomic E-state index is 14.0. The van der Waals surface area contributed by atoms with Gasteiger partial charge in [-0.05, 0) is 18.0 Å². The first-order valence-corrected chi connectivity index (χ1v) is 12.8. The zero-order valence-electron chi connectivity index (χ0n) is 14.3. The van der Waals surface area contributed by atoms with Crippen molar-refractivity contribution in [1.82, 2.24) is 0 Å². The second kappa shape index (κ2) is 8.31. The molecule has 0 saturated carbocycles. The monoisotopic (exact) mass is 556 g/mol. The molecule has 0 aliphatic carbocycles. The van der Waals surface area contributed by atoms with Crippen LogP contribution in [0.5, 0.6) is 0 Å². The summed E-state index contributed by atoms with van der Waals surface area (Å²) in [5, 5.41) is 0. The summed E-state index contributed by atoms with van der Waals surface area (Å²) in [4.78, 5) is 0. The standard InChI is InChI=1S/C14H8Cl3F13Si/c15-31(16,17)6-5-7-1-3-8(4-2-7)9(18,19)10(20,21)11(22,23)12(24,25)13(26,27)14(28,29)30/h1-4H,5-6H2. The molecule has 0 nitrogen and oxygen atoms in total. The Morgan fingerprint density at radius 1 is 0.581 bits per heavy atom. The number of hydrogen-bond donors (Lipinski definition) is 0. The predicted octanol–water partition coefficient (Wildman–Crippen LogP) is 8.08. The molecule has 0 radical (unpaired) electrons. The van der Waals surface area contributed by atoms with Crippen molar-refractivity contribution in [2.24, 2.45) is 0 Å². The SMILES string of the molecule is FC(F)(F)C(F)(F)C(F)(F)C(F)(F)C(F)(F)C(F)(F)c1ccc(CC[Si](Cl)(Cl)Cl)cc1. The van der Waals surface area contributed by atoms with Gasteiger partial charge in [0, 0.05) is 5.56 Å². The van der Waals surface area contributed by atoms with Gasteiger partial charge in [-0.2, -0.15) is 57.1 Å². The minimum Gasteiger partial charge on any atom is -0.194 e. The Hall–Kier alpha value is -0.603. The van der Waals surface area contributed by atoms with Crippen LogP contribution in [0.4, 0.5) is 57.1 Å². The molecule has 0 fully saturated rings. The molecule has 0 amide bonds. The van der Waals surface area contributed by atoms with Crippen LogP contribution in [0.1, 0.15) is 11.1 Å². The van der Waals surface area contributed by atoms with E-state index < -0.39 is 47.4 Å². The highest BCUT2D eigenvalue weighted by atomic mass is 35.8. The highest BCUT2D eigenvalue weighted by Crippen LogP contribution is 2.62. The van der Waals surface area contributed by atoms with E-state index in [-0.39, 0.29) is 30.2 Å². The fourth-order valence-electron chi connectivity index (χ4n) is 2.12. The van der Waals surface area contributed by atoms with Crippen molar-refractivity contribution in [2.45, 2.75) is 48.3 Å². The summed E-state index contributed by atoms with van der Waals surface area (Å²) in [6.07, 6.45) is -7.55. The van der Waals surface area contributed by atoms with Gasteiger partial charge in [0.05, 0.1) is 0 Å². The zero-order valence-corrected chi connectivity index (χ0v) is 17.5. The van der Waals surface area contributed by atoms with Gasteiger partial charge in [0.15, 0.2) is 0 Å². The molecule has 31 heavy (non-hydrogen) atoms. The van der Waals surface area contributed by atoms with Crippen molar-refractivity contribution in [3.63, 3.8) is 0 Å². The average Bonchev–Trinajstić information content (AvgIpc) is 2.58. The maximum Gasteiger partial charge on any atom is 0.460 e. The summed E-state index contributed by atoms with van der Waals surface area (Å²) < 4.78 is 171. The minimum absolute atomic E-state index is 0.0578. The lowest BCUT2D eigenvalue weighted by molar-refractivity contribution is -0.441. The van der Waals surface area contributed by atoms with E-state index in [2.05, 4.69) is 0 Å². The number of hydrogen-bond acceptors (Lipinski definition) is 0. The van der Waals surface area contributed by atoms with Crippen LogP contribution >= 0.6 is 33.2 Å². The van der Waals surface area contributed by atoms with Crippen molar-refractivity contribution in [3.8, 4) is 0 Å². The lowest BCUT2D eigenvalue weighted by Crippen LogP contribution is -2.69. The van der Waals surface area contributed by atoms with Crippen LogP contribution in [-0.2, 0) is 12.3 Å². The molecule has 0 N–H and O–H groups in total. The summed E-state index contributed by atoms with van der Waals surface area (Å²) in [7, 11) is 0. The largest absolute Gasteiger partial charge is 0.460 e. The molecular weight excluding hydrogens is 550 g/mol. The van der Waals surface area contributed by atoms with Crippen molar-refractivity contribution in [2.75, 3.05) is 0 Å². The highest BCUT2D eigenvalue weighted by Gasteiger charge is 2.90. The molecule has 1 aromatic rings. The van der Waals surface area contributed by atoms with Gasteiger partial charge < -0.3 is 0 Å². The zero-order chi connectivity index (χ0) is 24.9. The molecule has 0 atom stereocenters. The van der Waals surface area contributed by atoms with E-state index in [1.165, 1.54) is 0 Å². The minimum atomic E-state index is -7.93. The maximum atomic E-state index is 14.0. The van der Waals surface area contributed by atoms with Crippen LogP contribution in [0.3, 0.4) is 0 Å². The lowest BCUT2D eigenvalue weighted by atomic mass is 9.90. The Balaban J connectivity index is 3.37. The van der Waals surface area contributed by atoms with E-state index >= 15 is 0 Å². The number of aryl methyl sites for hydroxylation is 1. The Morgan fingerprint density at radius 2 is 0.968 bits per heavy atom. The summed E-state index contributed by atoms with van der Waals surface area (Å²) in [6.45, 7) is 0. The molecule has 0 aliphatic rings. The Morgan fingerprint density at radius 3 is 1.32 bits per heavy atom. The second-order valence-electron chi connectivity index (χ2n) is 6.18. The van der Waals surface area contributed by atoms with Crippen LogP contribution in [0.25, 0.3) is 0 Å². The first kappa shape index (κ1) is 28.4. The fourth-order valence-corrected chi connectivity index (χ4v) is 3.54. The third kappa shape index (κ3) is 5.01. The number of halogens is 16. The normalized spacial score (nSPS) is 15.4. The summed E-state index contributed by atoms with van der Waals surface area (Å²) in [5.74, 6) is -37.2. The van der Waals surface area contributed by atoms with Gasteiger partial charge in [-0.3, -0.25) is 0 Å². The van der Waals surface area contributed by atoms with Gasteiger partial charge in [-0.25, -0.2) is 0 Å². The number of alkyl halides is 13. The van der Waals surface area contributed by atoms with E-state index in [4.69, 9.17) is 33.2 Å². The molecule has 180 valence electrons. The smallest absolute Gasteiger partial charge is 0.194 e. The topological polar surface area (TPSA) is 0 Å². The Kier molecular flexibility index (Phi) is 7.62. The van der Waals surface area contributed by atoms with Crippen LogP contribution in [-0.4, -0.2) is 35.9 Å². The summed E-state index contributed by atoms with van der Waals surface area (Å²) in [6, 6.07) is -1.85. The molecule has 0 saturated heterocycles. The van der Waals surface area contributed by atoms with E-state index in [0.717, 1.165) is 0 Å². The van der Waals surface area contributed by atoms with Gasteiger partial charge in [0.2, 0.25) is 0 Å². The molecule has 0 bridgehead atoms. The van der Waals surface area contributed by atoms with Gasteiger partial charge in [0.1, 0.15) is 0 Å². The third-order valence-corrected chi connectivity index (χ3v) is 6.46. The molecule has 0 spiro atoms. The van der Waals surface area contributed by atoms with Gasteiger partial charge in [-0.15, -0.1) is 33.2 Å². The summed E-state index contributed by atoms with van der Waals surface area (Å²) >= 11 is 16.7. The molecule has 0 heterocycles. The third-order valence-electron chi connectivity index (χ3n) is 3.95. The van der Waals surface area contributed by atoms with Gasteiger partial charge >= 0.3 is 41.8 Å². The van der Waals surface area contributed by atoms with E-state index in [1.54, 1.807) is 0 Å². The highest BCUT2D eigenvalue weighted by molar-refractivity contribution is 7.64.